The van der Waals surface area contributed by atoms with Crippen LogP contribution in [0.15, 0.2) is 23.0 Å². The van der Waals surface area contributed by atoms with Gasteiger partial charge in [0.25, 0.3) is 5.56 Å². The molecule has 0 atom stereocenters. The Balaban J connectivity index is 2.03. The maximum Gasteiger partial charge on any atom is 0.260 e. The number of fused-ring (bicyclic) bond motifs is 1. The second-order valence-corrected chi connectivity index (χ2v) is 4.99. The summed E-state index contributed by atoms with van der Waals surface area (Å²) in [5, 5.41) is 0.540. The standard InChI is InChI=1S/C13H16N4O/c1-17(7-8-2-3-8)13-15-11-5-4-9(14)6-10(11)12(18)16-13/h4-6,8H,2-3,7,14H2,1H3,(H,15,16,18). The van der Waals surface area contributed by atoms with E-state index in [1.165, 1.54) is 12.8 Å². The zero-order valence-electron chi connectivity index (χ0n) is 10.3. The van der Waals surface area contributed by atoms with Crippen molar-refractivity contribution in [1.29, 1.82) is 0 Å². The van der Waals surface area contributed by atoms with Crippen LogP contribution in [0.2, 0.25) is 0 Å². The van der Waals surface area contributed by atoms with Crippen molar-refractivity contribution in [2.24, 2.45) is 5.92 Å². The van der Waals surface area contributed by atoms with Gasteiger partial charge < -0.3 is 10.6 Å². The van der Waals surface area contributed by atoms with E-state index >= 15 is 0 Å². The molecule has 1 saturated carbocycles. The maximum absolute atomic E-state index is 12.0. The van der Waals surface area contributed by atoms with Gasteiger partial charge in [-0.15, -0.1) is 0 Å². The van der Waals surface area contributed by atoms with Gasteiger partial charge in [-0.25, -0.2) is 4.98 Å². The second kappa shape index (κ2) is 4.01. The molecule has 1 aromatic heterocycles. The molecule has 3 N–H and O–H groups in total. The Morgan fingerprint density at radius 1 is 1.50 bits per heavy atom. The van der Waals surface area contributed by atoms with Crippen molar-refractivity contribution in [2.45, 2.75) is 12.8 Å². The predicted octanol–water partition coefficient (Wildman–Crippen LogP) is 1.35. The minimum atomic E-state index is -0.134. The summed E-state index contributed by atoms with van der Waals surface area (Å²) in [6.45, 7) is 0.948. The van der Waals surface area contributed by atoms with Crippen LogP contribution in [0, 0.1) is 5.92 Å². The highest BCUT2D eigenvalue weighted by Crippen LogP contribution is 2.30. The normalized spacial score (nSPS) is 14.9. The summed E-state index contributed by atoms with van der Waals surface area (Å²) >= 11 is 0. The van der Waals surface area contributed by atoms with Crippen LogP contribution in [0.1, 0.15) is 12.8 Å². The molecule has 5 heteroatoms. The van der Waals surface area contributed by atoms with E-state index < -0.39 is 0 Å². The van der Waals surface area contributed by atoms with Gasteiger partial charge in [-0.05, 0) is 37.0 Å². The molecule has 1 aliphatic rings. The van der Waals surface area contributed by atoms with Gasteiger partial charge in [0.05, 0.1) is 10.9 Å². The number of hydrogen-bond donors (Lipinski definition) is 2. The van der Waals surface area contributed by atoms with Gasteiger partial charge in [-0.1, -0.05) is 0 Å². The number of H-pyrrole nitrogens is 1. The Labute approximate surface area is 105 Å². The number of nitrogen functional groups attached to an aromatic ring is 1. The number of benzene rings is 1. The van der Waals surface area contributed by atoms with Crippen LogP contribution in [-0.2, 0) is 0 Å². The largest absolute Gasteiger partial charge is 0.399 e. The van der Waals surface area contributed by atoms with E-state index in [0.29, 0.717) is 22.5 Å². The minimum Gasteiger partial charge on any atom is -0.399 e. The molecule has 3 rings (SSSR count). The maximum atomic E-state index is 12.0. The average Bonchev–Trinajstić information content (AvgIpc) is 3.13. The Morgan fingerprint density at radius 2 is 2.28 bits per heavy atom. The molecule has 0 bridgehead atoms. The lowest BCUT2D eigenvalue weighted by Crippen LogP contribution is -2.25. The Morgan fingerprint density at radius 3 is 3.00 bits per heavy atom. The van der Waals surface area contributed by atoms with Crippen LogP contribution in [0.4, 0.5) is 11.6 Å². The molecular weight excluding hydrogens is 228 g/mol. The smallest absolute Gasteiger partial charge is 0.260 e. The molecule has 94 valence electrons. The van der Waals surface area contributed by atoms with Crippen molar-refractivity contribution in [2.75, 3.05) is 24.2 Å². The number of nitrogens with zero attached hydrogens (tertiary/aromatic N) is 2. The monoisotopic (exact) mass is 244 g/mol. The molecule has 2 aromatic rings. The molecule has 0 radical (unpaired) electrons. The van der Waals surface area contributed by atoms with Crippen LogP contribution in [0.25, 0.3) is 10.9 Å². The molecule has 0 unspecified atom stereocenters. The molecule has 18 heavy (non-hydrogen) atoms. The van der Waals surface area contributed by atoms with E-state index in [1.54, 1.807) is 18.2 Å². The number of nitrogens with two attached hydrogens (primary N) is 1. The third-order valence-electron chi connectivity index (χ3n) is 3.31. The molecule has 0 aliphatic heterocycles. The van der Waals surface area contributed by atoms with Gasteiger partial charge in [0.15, 0.2) is 0 Å². The van der Waals surface area contributed by atoms with Crippen LogP contribution in [0.3, 0.4) is 0 Å². The third-order valence-corrected chi connectivity index (χ3v) is 3.31. The first kappa shape index (κ1) is 11.1. The molecule has 0 saturated heterocycles. The number of rotatable bonds is 3. The topological polar surface area (TPSA) is 75.0 Å². The highest BCUT2D eigenvalue weighted by atomic mass is 16.1. The summed E-state index contributed by atoms with van der Waals surface area (Å²) in [5.74, 6) is 1.38. The molecule has 1 fully saturated rings. The van der Waals surface area contributed by atoms with Crippen LogP contribution in [0.5, 0.6) is 0 Å². The zero-order chi connectivity index (χ0) is 12.7. The fraction of sp³-hybridized carbons (Fsp3) is 0.385. The van der Waals surface area contributed by atoms with Gasteiger partial charge in [-0.2, -0.15) is 0 Å². The summed E-state index contributed by atoms with van der Waals surface area (Å²) in [6.07, 6.45) is 2.55. The SMILES string of the molecule is CN(CC1CC1)c1nc2ccc(N)cc2c(=O)[nH]1. The zero-order valence-corrected chi connectivity index (χ0v) is 10.3. The number of anilines is 2. The molecule has 1 aromatic carbocycles. The fourth-order valence-electron chi connectivity index (χ4n) is 2.10. The lowest BCUT2D eigenvalue weighted by molar-refractivity contribution is 0.765. The fourth-order valence-corrected chi connectivity index (χ4v) is 2.10. The van der Waals surface area contributed by atoms with E-state index in [2.05, 4.69) is 9.97 Å². The molecule has 5 nitrogen and oxygen atoms in total. The summed E-state index contributed by atoms with van der Waals surface area (Å²) in [5.41, 5.74) is 6.80. The van der Waals surface area contributed by atoms with Gasteiger partial charge in [-0.3, -0.25) is 9.78 Å². The van der Waals surface area contributed by atoms with Crippen molar-refractivity contribution in [3.05, 3.63) is 28.6 Å². The van der Waals surface area contributed by atoms with E-state index in [0.717, 1.165) is 12.5 Å². The van der Waals surface area contributed by atoms with Crippen molar-refractivity contribution in [3.63, 3.8) is 0 Å². The number of aromatic nitrogens is 2. The molecule has 0 amide bonds. The first-order valence-corrected chi connectivity index (χ1v) is 6.14. The van der Waals surface area contributed by atoms with Crippen molar-refractivity contribution < 1.29 is 0 Å². The summed E-state index contributed by atoms with van der Waals surface area (Å²) in [6, 6.07) is 5.21. The first-order chi connectivity index (χ1) is 8.63. The van der Waals surface area contributed by atoms with E-state index in [-0.39, 0.29) is 5.56 Å². The minimum absolute atomic E-state index is 0.134. The van der Waals surface area contributed by atoms with Crippen LogP contribution in [-0.4, -0.2) is 23.6 Å². The molecule has 1 aliphatic carbocycles. The average molecular weight is 244 g/mol. The molecular formula is C13H16N4O. The van der Waals surface area contributed by atoms with Gasteiger partial charge >= 0.3 is 0 Å². The highest BCUT2D eigenvalue weighted by molar-refractivity contribution is 5.81. The summed E-state index contributed by atoms with van der Waals surface area (Å²) in [4.78, 5) is 21.3. The van der Waals surface area contributed by atoms with Crippen molar-refractivity contribution in [1.82, 2.24) is 9.97 Å². The summed E-state index contributed by atoms with van der Waals surface area (Å²) < 4.78 is 0. The lowest BCUT2D eigenvalue weighted by atomic mass is 10.2. The van der Waals surface area contributed by atoms with Crippen molar-refractivity contribution >= 4 is 22.5 Å². The van der Waals surface area contributed by atoms with E-state index in [9.17, 15) is 4.79 Å². The van der Waals surface area contributed by atoms with Crippen LogP contribution < -0.4 is 16.2 Å². The van der Waals surface area contributed by atoms with Gasteiger partial charge in [0.2, 0.25) is 5.95 Å². The second-order valence-electron chi connectivity index (χ2n) is 4.99. The highest BCUT2D eigenvalue weighted by Gasteiger charge is 2.23. The van der Waals surface area contributed by atoms with Crippen LogP contribution >= 0.6 is 0 Å². The number of aromatic amines is 1. The Bertz CT molecular complexity index is 645. The van der Waals surface area contributed by atoms with E-state index in [1.807, 2.05) is 11.9 Å². The molecule has 1 heterocycles. The number of nitrogens with one attached hydrogen (secondary N) is 1. The quantitative estimate of drug-likeness (QED) is 0.799. The number of hydrogen-bond acceptors (Lipinski definition) is 4. The summed E-state index contributed by atoms with van der Waals surface area (Å²) in [7, 11) is 1.96. The lowest BCUT2D eigenvalue weighted by Gasteiger charge is -2.17. The Kier molecular flexibility index (Phi) is 2.47. The van der Waals surface area contributed by atoms with Gasteiger partial charge in [0.1, 0.15) is 0 Å². The van der Waals surface area contributed by atoms with Gasteiger partial charge in [0, 0.05) is 19.3 Å². The third kappa shape index (κ3) is 2.03. The Hall–Kier alpha value is -2.04. The van der Waals surface area contributed by atoms with Crippen molar-refractivity contribution in [3.8, 4) is 0 Å². The first-order valence-electron chi connectivity index (χ1n) is 6.14. The van der Waals surface area contributed by atoms with E-state index in [4.69, 9.17) is 5.73 Å². The predicted molar refractivity (Wildman–Crippen MR) is 72.8 cm³/mol. The molecule has 0 spiro atoms.